The quantitative estimate of drug-likeness (QED) is 0.175. The number of nitrogens with one attached hydrogen (secondary N) is 1. The van der Waals surface area contributed by atoms with Gasteiger partial charge in [0, 0.05) is 30.0 Å². The van der Waals surface area contributed by atoms with Crippen LogP contribution in [0.3, 0.4) is 0 Å². The van der Waals surface area contributed by atoms with E-state index in [9.17, 15) is 39.6 Å². The second-order valence-electron chi connectivity index (χ2n) is 12.3. The number of ether oxygens (including phenoxy) is 2. The number of amides is 1. The number of ketones is 2. The number of benzene rings is 2. The van der Waals surface area contributed by atoms with Crippen LogP contribution in [0.2, 0.25) is 0 Å². The molecule has 12 heteroatoms. The Morgan fingerprint density at radius 2 is 1.80 bits per heavy atom. The predicted octanol–water partition coefficient (Wildman–Crippen LogP) is 2.78. The molecule has 4 atom stereocenters. The Hall–Kier alpha value is -4.68. The third-order valence-electron chi connectivity index (χ3n) is 9.23. The predicted molar refractivity (Wildman–Crippen MR) is 165 cm³/mol. The number of phenols is 1. The van der Waals surface area contributed by atoms with Crippen molar-refractivity contribution in [1.29, 1.82) is 0 Å². The molecule has 5 rings (SSSR count). The van der Waals surface area contributed by atoms with Crippen molar-refractivity contribution < 1.29 is 49.1 Å². The molecule has 0 aromatic heterocycles. The number of nitrogens with two attached hydrogens (primary N) is 1. The molecule has 0 radical (unpaired) electrons. The SMILES string of the molecule is CCOC(=O)C(NCc1ccc(OC)c(-c2ccc(O)c3c2C[C@H]2C[C@H]4CC(=O)C(C(N)=O)=C(O)[C@@]4(O)C(=O)C2=C3O)c1)C(C)C. The number of carbonyl (C=O) groups excluding carboxylic acids is 4. The molecule has 1 amide bonds. The van der Waals surface area contributed by atoms with E-state index < -0.39 is 64.5 Å². The Morgan fingerprint density at radius 1 is 1.09 bits per heavy atom. The minimum atomic E-state index is -2.63. The molecule has 46 heavy (non-hydrogen) atoms. The molecule has 1 unspecified atom stereocenters. The minimum absolute atomic E-state index is 0.0163. The van der Waals surface area contributed by atoms with Crippen molar-refractivity contribution in [3.8, 4) is 22.6 Å². The summed E-state index contributed by atoms with van der Waals surface area (Å²) in [6, 6.07) is 8.01. The standard InChI is InChI=1S/C34H38N2O10/c1-5-46-33(43)28(15(2)3)36-14-16-6-9-24(45-4)20(10-16)19-7-8-22(37)26-21(19)12-17-11-18-13-23(38)27(32(35)42)31(41)34(18,44)30(40)25(17)29(26)39/h6-10,15,17-18,28,36-37,39,41,44H,5,11-14H2,1-4H3,(H2,35,42)/t17-,18+,28?,34+/m1/s1. The molecule has 1 saturated carbocycles. The normalized spacial score (nSPS) is 23.1. The molecule has 3 aliphatic carbocycles. The lowest BCUT2D eigenvalue weighted by Gasteiger charge is -2.46. The Labute approximate surface area is 265 Å². The molecule has 2 aromatic carbocycles. The first-order chi connectivity index (χ1) is 21.8. The van der Waals surface area contributed by atoms with Crippen LogP contribution in [0.1, 0.15) is 50.3 Å². The summed E-state index contributed by atoms with van der Waals surface area (Å²) in [6.07, 6.45) is -0.244. The van der Waals surface area contributed by atoms with E-state index in [4.69, 9.17) is 15.2 Å². The largest absolute Gasteiger partial charge is 0.508 e. The van der Waals surface area contributed by atoms with Gasteiger partial charge in [0.05, 0.1) is 19.3 Å². The molecule has 12 nitrogen and oxygen atoms in total. The van der Waals surface area contributed by atoms with E-state index in [2.05, 4.69) is 5.32 Å². The number of esters is 1. The van der Waals surface area contributed by atoms with Crippen LogP contribution in [0.15, 0.2) is 47.2 Å². The number of Topliss-reactive ketones (excluding diaryl/α,β-unsaturated/α-hetero) is 2. The molecule has 3 aliphatic rings. The van der Waals surface area contributed by atoms with Crippen LogP contribution in [-0.2, 0) is 36.9 Å². The Morgan fingerprint density at radius 3 is 2.43 bits per heavy atom. The summed E-state index contributed by atoms with van der Waals surface area (Å²) in [5, 5.41) is 48.0. The first-order valence-corrected chi connectivity index (χ1v) is 15.2. The second-order valence-corrected chi connectivity index (χ2v) is 12.3. The van der Waals surface area contributed by atoms with Gasteiger partial charge in [-0.15, -0.1) is 0 Å². The van der Waals surface area contributed by atoms with E-state index in [-0.39, 0.29) is 48.2 Å². The summed E-state index contributed by atoms with van der Waals surface area (Å²) in [7, 11) is 1.51. The highest BCUT2D eigenvalue weighted by Gasteiger charge is 2.60. The average Bonchev–Trinajstić information content (AvgIpc) is 2.99. The van der Waals surface area contributed by atoms with Crippen molar-refractivity contribution in [2.75, 3.05) is 13.7 Å². The topological polar surface area (TPSA) is 206 Å². The Balaban J connectivity index is 1.58. The second kappa shape index (κ2) is 12.3. The number of fused-ring (bicyclic) bond motifs is 3. The molecule has 1 fully saturated rings. The number of hydrogen-bond donors (Lipinski definition) is 6. The van der Waals surface area contributed by atoms with Crippen molar-refractivity contribution >= 4 is 29.2 Å². The lowest BCUT2D eigenvalue weighted by molar-refractivity contribution is -0.148. The van der Waals surface area contributed by atoms with E-state index in [1.54, 1.807) is 19.1 Å². The molecule has 244 valence electrons. The number of aliphatic hydroxyl groups excluding tert-OH is 2. The molecule has 0 bridgehead atoms. The van der Waals surface area contributed by atoms with Gasteiger partial charge in [-0.2, -0.15) is 0 Å². The van der Waals surface area contributed by atoms with Crippen molar-refractivity contribution in [2.45, 2.75) is 58.2 Å². The fourth-order valence-electron chi connectivity index (χ4n) is 7.00. The number of aromatic hydroxyl groups is 1. The molecule has 0 aliphatic heterocycles. The van der Waals surface area contributed by atoms with Gasteiger partial charge in [-0.1, -0.05) is 26.0 Å². The van der Waals surface area contributed by atoms with Gasteiger partial charge in [0.2, 0.25) is 5.78 Å². The third kappa shape index (κ3) is 5.21. The maximum atomic E-state index is 13.8. The molecular formula is C34H38N2O10. The van der Waals surface area contributed by atoms with Crippen molar-refractivity contribution in [3.05, 3.63) is 63.9 Å². The summed E-state index contributed by atoms with van der Waals surface area (Å²) in [4.78, 5) is 50.9. The van der Waals surface area contributed by atoms with Crippen molar-refractivity contribution in [1.82, 2.24) is 5.32 Å². The Kier molecular flexibility index (Phi) is 8.71. The molecular weight excluding hydrogens is 596 g/mol. The zero-order valence-electron chi connectivity index (χ0n) is 26.0. The molecule has 0 spiro atoms. The highest BCUT2D eigenvalue weighted by Crippen LogP contribution is 2.53. The van der Waals surface area contributed by atoms with Crippen LogP contribution < -0.4 is 15.8 Å². The first-order valence-electron chi connectivity index (χ1n) is 15.2. The van der Waals surface area contributed by atoms with Gasteiger partial charge in [-0.25, -0.2) is 0 Å². The summed E-state index contributed by atoms with van der Waals surface area (Å²) in [5.74, 6) is -6.75. The van der Waals surface area contributed by atoms with Crippen molar-refractivity contribution in [2.24, 2.45) is 23.5 Å². The maximum Gasteiger partial charge on any atom is 0.323 e. The van der Waals surface area contributed by atoms with Gasteiger partial charge in [0.15, 0.2) is 11.4 Å². The van der Waals surface area contributed by atoms with Crippen LogP contribution in [0, 0.1) is 17.8 Å². The Bertz CT molecular complexity index is 1710. The average molecular weight is 635 g/mol. The van der Waals surface area contributed by atoms with E-state index >= 15 is 0 Å². The number of phenolic OH excluding ortho intramolecular Hbond substituents is 1. The highest BCUT2D eigenvalue weighted by molar-refractivity contribution is 6.22. The number of hydrogen-bond acceptors (Lipinski definition) is 11. The zero-order valence-corrected chi connectivity index (χ0v) is 26.0. The number of primary amides is 1. The molecule has 0 heterocycles. The fourth-order valence-corrected chi connectivity index (χ4v) is 7.00. The summed E-state index contributed by atoms with van der Waals surface area (Å²) < 4.78 is 10.9. The van der Waals surface area contributed by atoms with Crippen LogP contribution in [0.4, 0.5) is 0 Å². The fraction of sp³-hybridized carbons (Fsp3) is 0.412. The van der Waals surface area contributed by atoms with E-state index in [0.29, 0.717) is 29.0 Å². The maximum absolute atomic E-state index is 13.8. The van der Waals surface area contributed by atoms with Gasteiger partial charge in [0.1, 0.15) is 34.6 Å². The van der Waals surface area contributed by atoms with Crippen LogP contribution in [-0.4, -0.2) is 69.2 Å². The van der Waals surface area contributed by atoms with E-state index in [1.165, 1.54) is 13.2 Å². The molecule has 2 aromatic rings. The van der Waals surface area contributed by atoms with Gasteiger partial charge in [-0.3, -0.25) is 19.2 Å². The van der Waals surface area contributed by atoms with Gasteiger partial charge >= 0.3 is 5.97 Å². The van der Waals surface area contributed by atoms with E-state index in [1.807, 2.05) is 26.0 Å². The molecule has 0 saturated heterocycles. The lowest BCUT2D eigenvalue weighted by atomic mass is 9.59. The van der Waals surface area contributed by atoms with Gasteiger partial charge in [0.25, 0.3) is 5.91 Å². The lowest BCUT2D eigenvalue weighted by Crippen LogP contribution is -2.58. The number of aliphatic hydroxyl groups is 3. The number of carbonyl (C=O) groups is 4. The van der Waals surface area contributed by atoms with Crippen LogP contribution in [0.25, 0.3) is 16.9 Å². The summed E-state index contributed by atoms with van der Waals surface area (Å²) in [6.45, 7) is 6.17. The minimum Gasteiger partial charge on any atom is -0.508 e. The molecule has 7 N–H and O–H groups in total. The first kappa shape index (κ1) is 32.7. The van der Waals surface area contributed by atoms with Gasteiger partial charge < -0.3 is 41.0 Å². The highest BCUT2D eigenvalue weighted by atomic mass is 16.5. The number of rotatable bonds is 9. The van der Waals surface area contributed by atoms with Crippen LogP contribution >= 0.6 is 0 Å². The van der Waals surface area contributed by atoms with Gasteiger partial charge in [-0.05, 0) is 66.5 Å². The smallest absolute Gasteiger partial charge is 0.323 e. The zero-order chi connectivity index (χ0) is 33.7. The van der Waals surface area contributed by atoms with E-state index in [0.717, 1.165) is 5.56 Å². The van der Waals surface area contributed by atoms with Crippen molar-refractivity contribution in [3.63, 3.8) is 0 Å². The number of methoxy groups -OCH3 is 1. The monoisotopic (exact) mass is 634 g/mol. The van der Waals surface area contributed by atoms with Crippen LogP contribution in [0.5, 0.6) is 11.5 Å². The third-order valence-corrected chi connectivity index (χ3v) is 9.23. The summed E-state index contributed by atoms with van der Waals surface area (Å²) >= 11 is 0. The summed E-state index contributed by atoms with van der Waals surface area (Å²) in [5.41, 5.74) is 4.13.